The van der Waals surface area contributed by atoms with Crippen molar-refractivity contribution in [3.63, 3.8) is 0 Å². The molecule has 1 saturated heterocycles. The number of ether oxygens (including phenoxy) is 2. The molecule has 0 aliphatic carbocycles. The fraction of sp³-hybridized carbons (Fsp3) is 0.500. The van der Waals surface area contributed by atoms with E-state index in [0.717, 1.165) is 38.8 Å². The zero-order valence-corrected chi connectivity index (χ0v) is 13.7. The minimum Gasteiger partial charge on any atom is -0.482 e. The van der Waals surface area contributed by atoms with Crippen molar-refractivity contribution in [1.29, 1.82) is 5.26 Å². The average molecular weight is 330 g/mol. The van der Waals surface area contributed by atoms with Crippen LogP contribution >= 0.6 is 0 Å². The molecule has 0 radical (unpaired) electrons. The van der Waals surface area contributed by atoms with Crippen LogP contribution in [0.2, 0.25) is 0 Å². The van der Waals surface area contributed by atoms with Gasteiger partial charge in [-0.15, -0.1) is 0 Å². The summed E-state index contributed by atoms with van der Waals surface area (Å²) < 4.78 is 10.3. The summed E-state index contributed by atoms with van der Waals surface area (Å²) in [4.78, 5) is 25.5. The number of carbonyl (C=O) groups excluding carboxylic acids is 2. The summed E-state index contributed by atoms with van der Waals surface area (Å²) in [6.45, 7) is 0.963. The van der Waals surface area contributed by atoms with Crippen LogP contribution < -0.4 is 4.74 Å². The number of carbonyl (C=O) groups is 2. The minimum absolute atomic E-state index is 0.149. The molecule has 1 heterocycles. The number of rotatable bonds is 5. The van der Waals surface area contributed by atoms with Crippen LogP contribution in [0.4, 0.5) is 0 Å². The van der Waals surface area contributed by atoms with Crippen LogP contribution in [-0.4, -0.2) is 43.1 Å². The van der Waals surface area contributed by atoms with Crippen LogP contribution in [0.5, 0.6) is 5.75 Å². The first-order valence-corrected chi connectivity index (χ1v) is 8.25. The topological polar surface area (TPSA) is 79.6 Å². The highest BCUT2D eigenvalue weighted by Crippen LogP contribution is 2.12. The number of esters is 1. The van der Waals surface area contributed by atoms with Gasteiger partial charge < -0.3 is 14.4 Å². The Labute approximate surface area is 142 Å². The first-order valence-electron chi connectivity index (χ1n) is 8.25. The van der Waals surface area contributed by atoms with Crippen molar-refractivity contribution >= 4 is 11.9 Å². The summed E-state index contributed by atoms with van der Waals surface area (Å²) >= 11 is 0. The Morgan fingerprint density at radius 1 is 1.00 bits per heavy atom. The normalized spacial score (nSPS) is 14.9. The van der Waals surface area contributed by atoms with E-state index in [1.54, 1.807) is 29.2 Å². The Balaban J connectivity index is 1.69. The number of benzene rings is 1. The van der Waals surface area contributed by atoms with Crippen molar-refractivity contribution < 1.29 is 19.1 Å². The molecule has 1 aliphatic heterocycles. The van der Waals surface area contributed by atoms with Crippen molar-refractivity contribution in [3.8, 4) is 11.8 Å². The summed E-state index contributed by atoms with van der Waals surface area (Å²) in [5, 5.41) is 8.71. The van der Waals surface area contributed by atoms with Crippen molar-refractivity contribution in [2.45, 2.75) is 32.1 Å². The molecule has 0 bridgehead atoms. The molecule has 0 unspecified atom stereocenters. The molecule has 1 aromatic carbocycles. The third kappa shape index (κ3) is 5.92. The van der Waals surface area contributed by atoms with Crippen molar-refractivity contribution in [1.82, 2.24) is 4.90 Å². The zero-order chi connectivity index (χ0) is 17.2. The average Bonchev–Trinajstić information content (AvgIpc) is 2.58. The van der Waals surface area contributed by atoms with Gasteiger partial charge in [-0.2, -0.15) is 5.26 Å². The maximum atomic E-state index is 12.1. The number of nitriles is 1. The van der Waals surface area contributed by atoms with Crippen molar-refractivity contribution in [2.24, 2.45) is 0 Å². The smallest absolute Gasteiger partial charge is 0.344 e. The van der Waals surface area contributed by atoms with Crippen LogP contribution in [0.3, 0.4) is 0 Å². The molecule has 24 heavy (non-hydrogen) atoms. The Bertz CT molecular complexity index is 584. The van der Waals surface area contributed by atoms with Crippen LogP contribution in [0.15, 0.2) is 24.3 Å². The van der Waals surface area contributed by atoms with E-state index in [2.05, 4.69) is 0 Å². The van der Waals surface area contributed by atoms with Gasteiger partial charge in [-0.1, -0.05) is 19.3 Å². The van der Waals surface area contributed by atoms with E-state index >= 15 is 0 Å². The third-order valence-electron chi connectivity index (χ3n) is 3.91. The lowest BCUT2D eigenvalue weighted by Crippen LogP contribution is -2.37. The van der Waals surface area contributed by atoms with E-state index in [1.807, 2.05) is 6.07 Å². The molecular weight excluding hydrogens is 308 g/mol. The maximum Gasteiger partial charge on any atom is 0.344 e. The molecule has 0 saturated carbocycles. The molecule has 2 rings (SSSR count). The lowest BCUT2D eigenvalue weighted by molar-refractivity contribution is -0.153. The molecule has 0 spiro atoms. The first kappa shape index (κ1) is 17.8. The molecule has 1 fully saturated rings. The highest BCUT2D eigenvalue weighted by molar-refractivity contribution is 5.81. The molecule has 0 aromatic heterocycles. The maximum absolute atomic E-state index is 12.1. The predicted molar refractivity (Wildman–Crippen MR) is 87.3 cm³/mol. The molecule has 6 nitrogen and oxygen atoms in total. The summed E-state index contributed by atoms with van der Waals surface area (Å²) in [6.07, 6.45) is 5.51. The predicted octanol–water partition coefficient (Wildman–Crippen LogP) is 2.27. The van der Waals surface area contributed by atoms with Gasteiger partial charge in [0.2, 0.25) is 0 Å². The molecule has 128 valence electrons. The van der Waals surface area contributed by atoms with Gasteiger partial charge >= 0.3 is 5.97 Å². The Morgan fingerprint density at radius 2 is 1.62 bits per heavy atom. The summed E-state index contributed by atoms with van der Waals surface area (Å²) in [7, 11) is 0. The monoisotopic (exact) mass is 330 g/mol. The number of hydrogen-bond acceptors (Lipinski definition) is 5. The zero-order valence-electron chi connectivity index (χ0n) is 13.7. The first-order chi connectivity index (χ1) is 11.7. The quantitative estimate of drug-likeness (QED) is 0.774. The van der Waals surface area contributed by atoms with E-state index in [1.165, 1.54) is 6.42 Å². The molecule has 1 aliphatic rings. The Hall–Kier alpha value is -2.55. The van der Waals surface area contributed by atoms with Gasteiger partial charge in [0.15, 0.2) is 13.2 Å². The van der Waals surface area contributed by atoms with Gasteiger partial charge in [0.25, 0.3) is 5.91 Å². The summed E-state index contributed by atoms with van der Waals surface area (Å²) in [6, 6.07) is 8.43. The Morgan fingerprint density at radius 3 is 2.25 bits per heavy atom. The fourth-order valence-electron chi connectivity index (χ4n) is 2.54. The third-order valence-corrected chi connectivity index (χ3v) is 3.91. The van der Waals surface area contributed by atoms with Crippen LogP contribution in [0.25, 0.3) is 0 Å². The number of likely N-dealkylation sites (tertiary alicyclic amines) is 1. The largest absolute Gasteiger partial charge is 0.482 e. The minimum atomic E-state index is -0.584. The van der Waals surface area contributed by atoms with Crippen LogP contribution in [0, 0.1) is 11.3 Å². The van der Waals surface area contributed by atoms with E-state index < -0.39 is 5.97 Å². The van der Waals surface area contributed by atoms with Crippen molar-refractivity contribution in [2.75, 3.05) is 26.3 Å². The van der Waals surface area contributed by atoms with Gasteiger partial charge in [-0.05, 0) is 37.1 Å². The number of hydrogen-bond donors (Lipinski definition) is 0. The number of amides is 1. The second kappa shape index (κ2) is 9.56. The van der Waals surface area contributed by atoms with Crippen LogP contribution in [-0.2, 0) is 14.3 Å². The molecule has 0 N–H and O–H groups in total. The standard InChI is InChI=1S/C18H22N2O4/c19-12-15-6-8-16(9-7-15)23-14-18(22)24-13-17(21)20-10-4-2-1-3-5-11-20/h6-9H,1-5,10-11,13-14H2. The summed E-state index contributed by atoms with van der Waals surface area (Å²) in [5.41, 5.74) is 0.517. The Kier molecular flexibility index (Phi) is 7.09. The van der Waals surface area contributed by atoms with E-state index in [0.29, 0.717) is 11.3 Å². The summed E-state index contributed by atoms with van der Waals surface area (Å²) in [5.74, 6) is -0.260. The lowest BCUT2D eigenvalue weighted by Gasteiger charge is -2.24. The van der Waals surface area contributed by atoms with E-state index in [4.69, 9.17) is 14.7 Å². The van der Waals surface area contributed by atoms with Gasteiger partial charge in [0.1, 0.15) is 5.75 Å². The van der Waals surface area contributed by atoms with Gasteiger partial charge in [-0.3, -0.25) is 4.79 Å². The van der Waals surface area contributed by atoms with Gasteiger partial charge in [0, 0.05) is 13.1 Å². The molecular formula is C18H22N2O4. The van der Waals surface area contributed by atoms with E-state index in [9.17, 15) is 9.59 Å². The second-order valence-electron chi connectivity index (χ2n) is 5.73. The molecule has 1 aromatic rings. The van der Waals surface area contributed by atoms with Gasteiger partial charge in [0.05, 0.1) is 11.6 Å². The lowest BCUT2D eigenvalue weighted by atomic mass is 10.1. The molecule has 6 heteroatoms. The molecule has 0 atom stereocenters. The van der Waals surface area contributed by atoms with Gasteiger partial charge in [-0.25, -0.2) is 4.79 Å². The fourth-order valence-corrected chi connectivity index (χ4v) is 2.54. The molecule has 1 amide bonds. The second-order valence-corrected chi connectivity index (χ2v) is 5.73. The number of nitrogens with zero attached hydrogens (tertiary/aromatic N) is 2. The highest BCUT2D eigenvalue weighted by atomic mass is 16.6. The van der Waals surface area contributed by atoms with Crippen LogP contribution in [0.1, 0.15) is 37.7 Å². The van der Waals surface area contributed by atoms with Crippen molar-refractivity contribution in [3.05, 3.63) is 29.8 Å². The van der Waals surface area contributed by atoms with E-state index in [-0.39, 0.29) is 19.1 Å². The SMILES string of the molecule is N#Cc1ccc(OCC(=O)OCC(=O)N2CCCCCCC2)cc1. The highest BCUT2D eigenvalue weighted by Gasteiger charge is 2.16.